The quantitative estimate of drug-likeness (QED) is 0.783. The number of rotatable bonds is 5. The predicted octanol–water partition coefficient (Wildman–Crippen LogP) is 2.68. The van der Waals surface area contributed by atoms with Crippen LogP contribution < -0.4 is 4.74 Å². The van der Waals surface area contributed by atoms with Crippen LogP contribution in [0.2, 0.25) is 0 Å². The number of hydrogen-bond donors (Lipinski definition) is 1. The number of benzene rings is 2. The zero-order chi connectivity index (χ0) is 16.2. The van der Waals surface area contributed by atoms with Crippen molar-refractivity contribution in [2.75, 3.05) is 0 Å². The number of ether oxygens (including phenoxy) is 1. The van der Waals surface area contributed by atoms with E-state index < -0.39 is 11.8 Å². The number of aromatic nitrogens is 3. The van der Waals surface area contributed by atoms with Crippen molar-refractivity contribution in [3.63, 3.8) is 0 Å². The van der Waals surface area contributed by atoms with Crippen molar-refractivity contribution in [3.8, 4) is 11.4 Å². The molecule has 2 aromatic carbocycles. The van der Waals surface area contributed by atoms with E-state index in [9.17, 15) is 14.3 Å². The summed E-state index contributed by atoms with van der Waals surface area (Å²) in [7, 11) is 0. The molecule has 6 nitrogen and oxygen atoms in total. The van der Waals surface area contributed by atoms with Crippen LogP contribution in [0.3, 0.4) is 0 Å². The van der Waals surface area contributed by atoms with Crippen LogP contribution in [-0.4, -0.2) is 26.1 Å². The average molecular weight is 313 g/mol. The Morgan fingerprint density at radius 3 is 2.65 bits per heavy atom. The fraction of sp³-hybridized carbons (Fsp3) is 0.0625. The van der Waals surface area contributed by atoms with Crippen molar-refractivity contribution in [2.24, 2.45) is 0 Å². The number of para-hydroxylation sites is 1. The van der Waals surface area contributed by atoms with Gasteiger partial charge in [-0.3, -0.25) is 0 Å². The molecule has 0 spiro atoms. The summed E-state index contributed by atoms with van der Waals surface area (Å²) in [5.41, 5.74) is 0.369. The van der Waals surface area contributed by atoms with Gasteiger partial charge in [0.05, 0.1) is 5.69 Å². The van der Waals surface area contributed by atoms with E-state index in [0.29, 0.717) is 11.4 Å². The van der Waals surface area contributed by atoms with Gasteiger partial charge in [0.1, 0.15) is 23.9 Å². The second-order valence-electron chi connectivity index (χ2n) is 4.68. The number of halogens is 1. The molecule has 0 fully saturated rings. The second kappa shape index (κ2) is 6.27. The number of nitrogens with zero attached hydrogens (tertiary/aromatic N) is 3. The second-order valence-corrected chi connectivity index (χ2v) is 4.68. The van der Waals surface area contributed by atoms with Gasteiger partial charge in [0, 0.05) is 0 Å². The summed E-state index contributed by atoms with van der Waals surface area (Å²) < 4.78 is 20.2. The van der Waals surface area contributed by atoms with Crippen molar-refractivity contribution in [1.29, 1.82) is 0 Å². The van der Waals surface area contributed by atoms with E-state index in [-0.39, 0.29) is 18.0 Å². The molecule has 0 atom stereocenters. The maximum absolute atomic E-state index is 13.4. The number of hydrogen-bond acceptors (Lipinski definition) is 4. The summed E-state index contributed by atoms with van der Waals surface area (Å²) >= 11 is 0. The van der Waals surface area contributed by atoms with Crippen molar-refractivity contribution in [1.82, 2.24) is 15.0 Å². The molecular weight excluding hydrogens is 301 g/mol. The highest BCUT2D eigenvalue weighted by molar-refractivity contribution is 5.86. The van der Waals surface area contributed by atoms with E-state index >= 15 is 0 Å². The third-order valence-corrected chi connectivity index (χ3v) is 3.14. The lowest BCUT2D eigenvalue weighted by molar-refractivity contribution is 0.0687. The van der Waals surface area contributed by atoms with Crippen LogP contribution >= 0.6 is 0 Å². The molecule has 0 aliphatic heterocycles. The summed E-state index contributed by atoms with van der Waals surface area (Å²) in [5.74, 6) is -1.10. The fourth-order valence-corrected chi connectivity index (χ4v) is 2.08. The van der Waals surface area contributed by atoms with E-state index in [1.165, 1.54) is 22.9 Å². The minimum atomic E-state index is -1.22. The number of carboxylic acids is 1. The molecule has 0 aliphatic carbocycles. The molecule has 7 heteroatoms. The van der Waals surface area contributed by atoms with E-state index in [1.807, 2.05) is 6.07 Å². The third-order valence-electron chi connectivity index (χ3n) is 3.14. The van der Waals surface area contributed by atoms with Crippen LogP contribution in [0.25, 0.3) is 5.69 Å². The smallest absolute Gasteiger partial charge is 0.358 e. The zero-order valence-corrected chi connectivity index (χ0v) is 11.9. The Kier molecular flexibility index (Phi) is 4.01. The summed E-state index contributed by atoms with van der Waals surface area (Å²) in [4.78, 5) is 11.3. The lowest BCUT2D eigenvalue weighted by atomic mass is 10.2. The first-order valence-electron chi connectivity index (χ1n) is 6.77. The van der Waals surface area contributed by atoms with E-state index in [1.54, 1.807) is 30.3 Å². The Labute approximate surface area is 130 Å². The Hall–Kier alpha value is -3.22. The van der Waals surface area contributed by atoms with Crippen LogP contribution in [-0.2, 0) is 6.61 Å². The van der Waals surface area contributed by atoms with Crippen LogP contribution in [0.15, 0.2) is 54.6 Å². The van der Waals surface area contributed by atoms with Gasteiger partial charge in [-0.25, -0.2) is 13.9 Å². The van der Waals surface area contributed by atoms with Crippen LogP contribution in [0.5, 0.6) is 5.75 Å². The third kappa shape index (κ3) is 3.18. The molecule has 0 radical (unpaired) electrons. The molecule has 0 unspecified atom stereocenters. The molecule has 0 saturated carbocycles. The van der Waals surface area contributed by atoms with E-state index in [4.69, 9.17) is 4.74 Å². The summed E-state index contributed by atoms with van der Waals surface area (Å²) in [6.07, 6.45) is 0. The lowest BCUT2D eigenvalue weighted by Gasteiger charge is -2.09. The van der Waals surface area contributed by atoms with Gasteiger partial charge in [-0.15, -0.1) is 5.10 Å². The van der Waals surface area contributed by atoms with Crippen molar-refractivity contribution >= 4 is 5.97 Å². The average Bonchev–Trinajstić information content (AvgIpc) is 2.98. The largest absolute Gasteiger partial charge is 0.487 e. The normalized spacial score (nSPS) is 10.5. The van der Waals surface area contributed by atoms with E-state index in [0.717, 1.165) is 0 Å². The fourth-order valence-electron chi connectivity index (χ4n) is 2.08. The molecule has 3 rings (SSSR count). The molecule has 0 amide bonds. The molecule has 1 N–H and O–H groups in total. The van der Waals surface area contributed by atoms with Gasteiger partial charge < -0.3 is 9.84 Å². The monoisotopic (exact) mass is 313 g/mol. The first kappa shape index (κ1) is 14.7. The van der Waals surface area contributed by atoms with Gasteiger partial charge in [-0.2, -0.15) is 0 Å². The lowest BCUT2D eigenvalue weighted by Crippen LogP contribution is -2.10. The molecule has 1 aromatic heterocycles. The molecule has 23 heavy (non-hydrogen) atoms. The highest BCUT2D eigenvalue weighted by Crippen LogP contribution is 2.17. The molecular formula is C16H12FN3O3. The number of carboxylic acid groups (broad SMARTS) is 1. The summed E-state index contributed by atoms with van der Waals surface area (Å²) in [6, 6.07) is 14.6. The minimum absolute atomic E-state index is 0.0604. The molecule has 0 saturated heterocycles. The van der Waals surface area contributed by atoms with Crippen molar-refractivity contribution < 1.29 is 19.0 Å². The number of carbonyl (C=O) groups is 1. The standard InChI is InChI=1S/C16H12FN3O3/c17-11-5-4-6-12(9-11)20-14(15(16(21)22)18-19-20)10-23-13-7-2-1-3-8-13/h1-9H,10H2,(H,21,22). The van der Waals surface area contributed by atoms with Crippen molar-refractivity contribution in [3.05, 3.63) is 71.8 Å². The maximum Gasteiger partial charge on any atom is 0.358 e. The minimum Gasteiger partial charge on any atom is -0.487 e. The Morgan fingerprint density at radius 1 is 1.17 bits per heavy atom. The maximum atomic E-state index is 13.4. The van der Waals surface area contributed by atoms with E-state index in [2.05, 4.69) is 10.3 Å². The van der Waals surface area contributed by atoms with Crippen LogP contribution in [0.4, 0.5) is 4.39 Å². The summed E-state index contributed by atoms with van der Waals surface area (Å²) in [6.45, 7) is -0.0604. The first-order chi connectivity index (χ1) is 11.1. The topological polar surface area (TPSA) is 77.2 Å². The molecule has 0 aliphatic rings. The first-order valence-corrected chi connectivity index (χ1v) is 6.77. The highest BCUT2D eigenvalue weighted by Gasteiger charge is 2.20. The van der Waals surface area contributed by atoms with Gasteiger partial charge in [0.15, 0.2) is 5.69 Å². The molecule has 116 valence electrons. The number of aromatic carboxylic acids is 1. The highest BCUT2D eigenvalue weighted by atomic mass is 19.1. The Morgan fingerprint density at radius 2 is 1.96 bits per heavy atom. The Bertz CT molecular complexity index is 834. The van der Waals surface area contributed by atoms with Crippen LogP contribution in [0, 0.1) is 5.82 Å². The van der Waals surface area contributed by atoms with Gasteiger partial charge >= 0.3 is 5.97 Å². The Balaban J connectivity index is 1.96. The van der Waals surface area contributed by atoms with Gasteiger partial charge in [0.25, 0.3) is 0 Å². The van der Waals surface area contributed by atoms with Gasteiger partial charge in [0.2, 0.25) is 0 Å². The molecule has 1 heterocycles. The van der Waals surface area contributed by atoms with Crippen molar-refractivity contribution in [2.45, 2.75) is 6.61 Å². The zero-order valence-electron chi connectivity index (χ0n) is 11.9. The van der Waals surface area contributed by atoms with Gasteiger partial charge in [-0.1, -0.05) is 29.5 Å². The summed E-state index contributed by atoms with van der Waals surface area (Å²) in [5, 5.41) is 16.7. The van der Waals surface area contributed by atoms with Crippen LogP contribution in [0.1, 0.15) is 16.2 Å². The predicted molar refractivity (Wildman–Crippen MR) is 79.1 cm³/mol. The van der Waals surface area contributed by atoms with Gasteiger partial charge in [-0.05, 0) is 30.3 Å². The molecule has 3 aromatic rings. The SMILES string of the molecule is O=C(O)c1nnn(-c2cccc(F)c2)c1COc1ccccc1. The molecule has 0 bridgehead atoms.